The van der Waals surface area contributed by atoms with E-state index in [1.165, 1.54) is 5.56 Å². The number of ether oxygens (including phenoxy) is 2. The van der Waals surface area contributed by atoms with Crippen molar-refractivity contribution in [2.24, 2.45) is 0 Å². The van der Waals surface area contributed by atoms with Crippen molar-refractivity contribution in [3.8, 4) is 22.8 Å². The Morgan fingerprint density at radius 2 is 1.88 bits per heavy atom. The molecule has 3 N–H and O–H groups in total. The first-order valence-corrected chi connectivity index (χ1v) is 8.01. The lowest BCUT2D eigenvalue weighted by atomic mass is 10.1. The van der Waals surface area contributed by atoms with Gasteiger partial charge in [-0.05, 0) is 30.7 Å². The molecule has 6 nitrogen and oxygen atoms in total. The van der Waals surface area contributed by atoms with Gasteiger partial charge in [0, 0.05) is 18.2 Å². The van der Waals surface area contributed by atoms with Crippen molar-refractivity contribution in [1.29, 1.82) is 0 Å². The van der Waals surface area contributed by atoms with E-state index in [1.54, 1.807) is 0 Å². The molecule has 0 spiro atoms. The molecule has 7 heteroatoms. The summed E-state index contributed by atoms with van der Waals surface area (Å²) < 4.78 is 10.7. The molecule has 1 aromatic heterocycles. The third-order valence-corrected chi connectivity index (χ3v) is 3.97. The second-order valence-electron chi connectivity index (χ2n) is 5.91. The number of halogens is 1. The van der Waals surface area contributed by atoms with Crippen molar-refractivity contribution in [3.05, 3.63) is 59.7 Å². The van der Waals surface area contributed by atoms with Gasteiger partial charge in [0.25, 0.3) is 0 Å². The largest absolute Gasteiger partial charge is 0.454 e. The Kier molecular flexibility index (Phi) is 5.14. The summed E-state index contributed by atoms with van der Waals surface area (Å²) in [4.78, 5) is 8.61. The van der Waals surface area contributed by atoms with Crippen LogP contribution < -0.4 is 20.5 Å². The molecule has 0 fully saturated rings. The molecule has 1 aliphatic heterocycles. The Morgan fingerprint density at radius 1 is 1.04 bits per heavy atom. The Labute approximate surface area is 157 Å². The Hall–Kier alpha value is -2.99. The van der Waals surface area contributed by atoms with Gasteiger partial charge >= 0.3 is 0 Å². The van der Waals surface area contributed by atoms with Crippen LogP contribution in [0, 0.1) is 6.92 Å². The van der Waals surface area contributed by atoms with Crippen LogP contribution in [0.4, 0.5) is 11.8 Å². The van der Waals surface area contributed by atoms with Gasteiger partial charge in [-0.3, -0.25) is 0 Å². The first kappa shape index (κ1) is 17.8. The molecule has 0 amide bonds. The zero-order chi connectivity index (χ0) is 17.2. The maximum absolute atomic E-state index is 5.88. The van der Waals surface area contributed by atoms with Gasteiger partial charge in [-0.2, -0.15) is 4.98 Å². The summed E-state index contributed by atoms with van der Waals surface area (Å²) >= 11 is 0. The minimum absolute atomic E-state index is 0. The molecule has 0 atom stereocenters. The highest BCUT2D eigenvalue weighted by Gasteiger charge is 2.13. The summed E-state index contributed by atoms with van der Waals surface area (Å²) in [6.45, 7) is 2.92. The smallest absolute Gasteiger partial charge is 0.231 e. The number of fused-ring (bicyclic) bond motifs is 1. The predicted molar refractivity (Wildman–Crippen MR) is 104 cm³/mol. The zero-order valence-corrected chi connectivity index (χ0v) is 15.0. The Bertz CT molecular complexity index is 933. The fourth-order valence-corrected chi connectivity index (χ4v) is 2.75. The third kappa shape index (κ3) is 3.81. The molecule has 2 heterocycles. The second kappa shape index (κ2) is 7.49. The molecule has 0 saturated carbocycles. The number of benzene rings is 2. The lowest BCUT2D eigenvalue weighted by Gasteiger charge is -2.09. The fourth-order valence-electron chi connectivity index (χ4n) is 2.75. The van der Waals surface area contributed by atoms with Crippen LogP contribution >= 0.6 is 12.4 Å². The van der Waals surface area contributed by atoms with Gasteiger partial charge in [-0.25, -0.2) is 4.98 Å². The van der Waals surface area contributed by atoms with E-state index in [1.807, 2.05) is 49.4 Å². The molecular formula is C19H19ClN4O2. The summed E-state index contributed by atoms with van der Waals surface area (Å²) in [5.74, 6) is 2.47. The van der Waals surface area contributed by atoms with Crippen molar-refractivity contribution in [2.45, 2.75) is 13.5 Å². The SMILES string of the molecule is Cc1cccc(-c2cc(NCc3ccc4c(c3)OCO4)nc(N)n2)c1.Cl. The number of nitrogen functional groups attached to an aromatic ring is 1. The maximum Gasteiger partial charge on any atom is 0.231 e. The van der Waals surface area contributed by atoms with Gasteiger partial charge in [0.15, 0.2) is 11.5 Å². The van der Waals surface area contributed by atoms with Crippen LogP contribution in [0.3, 0.4) is 0 Å². The summed E-state index contributed by atoms with van der Waals surface area (Å²) in [5, 5.41) is 3.29. The van der Waals surface area contributed by atoms with Gasteiger partial charge in [0.05, 0.1) is 5.69 Å². The van der Waals surface area contributed by atoms with Crippen LogP contribution in [-0.2, 0) is 6.54 Å². The highest BCUT2D eigenvalue weighted by molar-refractivity contribution is 5.85. The maximum atomic E-state index is 5.88. The molecule has 0 unspecified atom stereocenters. The number of nitrogens with two attached hydrogens (primary N) is 1. The first-order valence-electron chi connectivity index (χ1n) is 8.01. The van der Waals surface area contributed by atoms with Gasteiger partial charge in [-0.15, -0.1) is 12.4 Å². The molecule has 134 valence electrons. The second-order valence-corrected chi connectivity index (χ2v) is 5.91. The van der Waals surface area contributed by atoms with Gasteiger partial charge < -0.3 is 20.5 Å². The number of aryl methyl sites for hydroxylation is 1. The summed E-state index contributed by atoms with van der Waals surface area (Å²) in [6.07, 6.45) is 0. The number of aromatic nitrogens is 2. The molecule has 2 aromatic carbocycles. The molecule has 0 radical (unpaired) electrons. The van der Waals surface area contributed by atoms with E-state index in [0.717, 1.165) is 28.3 Å². The van der Waals surface area contributed by atoms with E-state index in [9.17, 15) is 0 Å². The molecule has 0 saturated heterocycles. The van der Waals surface area contributed by atoms with Crippen LogP contribution in [-0.4, -0.2) is 16.8 Å². The third-order valence-electron chi connectivity index (χ3n) is 3.97. The van der Waals surface area contributed by atoms with Crippen LogP contribution in [0.5, 0.6) is 11.5 Å². The highest BCUT2D eigenvalue weighted by atomic mass is 35.5. The molecule has 4 rings (SSSR count). The number of hydrogen-bond donors (Lipinski definition) is 2. The minimum Gasteiger partial charge on any atom is -0.454 e. The fraction of sp³-hybridized carbons (Fsp3) is 0.158. The standard InChI is InChI=1S/C19H18N4O2.ClH/c1-12-3-2-4-14(7-12)15-9-18(23-19(20)22-15)21-10-13-5-6-16-17(8-13)25-11-24-16;/h2-9H,10-11H2,1H3,(H3,20,21,22,23);1H. The minimum atomic E-state index is 0. The number of hydrogen-bond acceptors (Lipinski definition) is 6. The number of nitrogens with zero attached hydrogens (tertiary/aromatic N) is 2. The van der Waals surface area contributed by atoms with Crippen molar-refractivity contribution in [2.75, 3.05) is 17.8 Å². The zero-order valence-electron chi connectivity index (χ0n) is 14.2. The Morgan fingerprint density at radius 3 is 2.73 bits per heavy atom. The van der Waals surface area contributed by atoms with Crippen LogP contribution in [0.15, 0.2) is 48.5 Å². The van der Waals surface area contributed by atoms with E-state index in [0.29, 0.717) is 12.4 Å². The first-order chi connectivity index (χ1) is 12.2. The monoisotopic (exact) mass is 370 g/mol. The average Bonchev–Trinajstić information content (AvgIpc) is 3.07. The number of nitrogens with one attached hydrogen (secondary N) is 1. The van der Waals surface area contributed by atoms with Crippen molar-refractivity contribution in [3.63, 3.8) is 0 Å². The van der Waals surface area contributed by atoms with E-state index in [2.05, 4.69) is 21.4 Å². The van der Waals surface area contributed by atoms with Crippen LogP contribution in [0.2, 0.25) is 0 Å². The normalized spacial score (nSPS) is 11.7. The summed E-state index contributed by atoms with van der Waals surface area (Å²) in [5.41, 5.74) is 9.93. The Balaban J connectivity index is 0.00000196. The molecule has 3 aromatic rings. The van der Waals surface area contributed by atoms with Crippen LogP contribution in [0.1, 0.15) is 11.1 Å². The van der Waals surface area contributed by atoms with Crippen LogP contribution in [0.25, 0.3) is 11.3 Å². The summed E-state index contributed by atoms with van der Waals surface area (Å²) in [6, 6.07) is 15.9. The molecule has 0 aliphatic carbocycles. The van der Waals surface area contributed by atoms with Gasteiger partial charge in [0.2, 0.25) is 12.7 Å². The van der Waals surface area contributed by atoms with E-state index in [-0.39, 0.29) is 25.1 Å². The quantitative estimate of drug-likeness (QED) is 0.727. The lowest BCUT2D eigenvalue weighted by Crippen LogP contribution is -2.05. The van der Waals surface area contributed by atoms with Crippen molar-refractivity contribution < 1.29 is 9.47 Å². The molecule has 26 heavy (non-hydrogen) atoms. The van der Waals surface area contributed by atoms with E-state index >= 15 is 0 Å². The topological polar surface area (TPSA) is 82.3 Å². The van der Waals surface area contributed by atoms with Gasteiger partial charge in [-0.1, -0.05) is 29.8 Å². The number of rotatable bonds is 4. The molecular weight excluding hydrogens is 352 g/mol. The van der Waals surface area contributed by atoms with E-state index < -0.39 is 0 Å². The average molecular weight is 371 g/mol. The van der Waals surface area contributed by atoms with Crippen molar-refractivity contribution in [1.82, 2.24) is 9.97 Å². The predicted octanol–water partition coefficient (Wildman–Crippen LogP) is 3.80. The summed E-state index contributed by atoms with van der Waals surface area (Å²) in [7, 11) is 0. The highest BCUT2D eigenvalue weighted by Crippen LogP contribution is 2.32. The number of anilines is 2. The lowest BCUT2D eigenvalue weighted by molar-refractivity contribution is 0.174. The van der Waals surface area contributed by atoms with Crippen molar-refractivity contribution >= 4 is 24.2 Å². The molecule has 0 bridgehead atoms. The molecule has 1 aliphatic rings. The van der Waals surface area contributed by atoms with Gasteiger partial charge in [0.1, 0.15) is 5.82 Å². The van der Waals surface area contributed by atoms with E-state index in [4.69, 9.17) is 15.2 Å².